The van der Waals surface area contributed by atoms with Crippen molar-refractivity contribution in [1.82, 2.24) is 14.9 Å². The SMILES string of the molecule is CCC(=O)N1CCN(c2nccc(OC)n2)CC1. The molecular formula is C12H18N4O2. The van der Waals surface area contributed by atoms with Gasteiger partial charge in [0.25, 0.3) is 0 Å². The van der Waals surface area contributed by atoms with Crippen LogP contribution in [0.2, 0.25) is 0 Å². The van der Waals surface area contributed by atoms with Gasteiger partial charge in [0.2, 0.25) is 17.7 Å². The number of methoxy groups -OCH3 is 1. The van der Waals surface area contributed by atoms with Gasteiger partial charge in [-0.3, -0.25) is 4.79 Å². The molecule has 2 rings (SSSR count). The summed E-state index contributed by atoms with van der Waals surface area (Å²) >= 11 is 0. The van der Waals surface area contributed by atoms with Crippen LogP contribution < -0.4 is 9.64 Å². The van der Waals surface area contributed by atoms with Crippen LogP contribution >= 0.6 is 0 Å². The first-order chi connectivity index (χ1) is 8.74. The Balaban J connectivity index is 1.98. The van der Waals surface area contributed by atoms with E-state index in [-0.39, 0.29) is 5.91 Å². The highest BCUT2D eigenvalue weighted by molar-refractivity contribution is 5.76. The van der Waals surface area contributed by atoms with E-state index in [9.17, 15) is 4.79 Å². The summed E-state index contributed by atoms with van der Waals surface area (Å²) in [6, 6.07) is 1.72. The largest absolute Gasteiger partial charge is 0.481 e. The molecule has 0 atom stereocenters. The van der Waals surface area contributed by atoms with Crippen LogP contribution in [0.3, 0.4) is 0 Å². The molecule has 2 heterocycles. The van der Waals surface area contributed by atoms with Gasteiger partial charge in [-0.1, -0.05) is 6.92 Å². The molecule has 0 N–H and O–H groups in total. The second-order valence-corrected chi connectivity index (χ2v) is 4.12. The van der Waals surface area contributed by atoms with Gasteiger partial charge in [0.1, 0.15) is 0 Å². The summed E-state index contributed by atoms with van der Waals surface area (Å²) in [5, 5.41) is 0. The first-order valence-electron chi connectivity index (χ1n) is 6.14. The maximum absolute atomic E-state index is 11.6. The standard InChI is InChI=1S/C12H18N4O2/c1-3-11(17)15-6-8-16(9-7-15)12-13-5-4-10(14-12)18-2/h4-5H,3,6-9H2,1-2H3. The predicted octanol–water partition coefficient (Wildman–Crippen LogP) is 0.544. The van der Waals surface area contributed by atoms with Crippen molar-refractivity contribution in [3.63, 3.8) is 0 Å². The molecule has 0 spiro atoms. The Bertz CT molecular complexity index is 416. The van der Waals surface area contributed by atoms with Gasteiger partial charge in [-0.15, -0.1) is 0 Å². The first-order valence-corrected chi connectivity index (χ1v) is 6.14. The second kappa shape index (κ2) is 5.66. The Morgan fingerprint density at radius 3 is 2.72 bits per heavy atom. The molecule has 18 heavy (non-hydrogen) atoms. The summed E-state index contributed by atoms with van der Waals surface area (Å²) < 4.78 is 5.08. The number of carbonyl (C=O) groups excluding carboxylic acids is 1. The van der Waals surface area contributed by atoms with Crippen LogP contribution in [0.25, 0.3) is 0 Å². The second-order valence-electron chi connectivity index (χ2n) is 4.12. The van der Waals surface area contributed by atoms with Gasteiger partial charge in [0.15, 0.2) is 0 Å². The van der Waals surface area contributed by atoms with E-state index in [0.717, 1.165) is 26.2 Å². The summed E-state index contributed by atoms with van der Waals surface area (Å²) in [6.07, 6.45) is 2.25. The number of hydrogen-bond acceptors (Lipinski definition) is 5. The maximum atomic E-state index is 11.6. The number of nitrogens with zero attached hydrogens (tertiary/aromatic N) is 4. The zero-order valence-electron chi connectivity index (χ0n) is 10.8. The Morgan fingerprint density at radius 2 is 2.11 bits per heavy atom. The van der Waals surface area contributed by atoms with Crippen LogP contribution in [-0.4, -0.2) is 54.1 Å². The number of amides is 1. The lowest BCUT2D eigenvalue weighted by molar-refractivity contribution is -0.131. The van der Waals surface area contributed by atoms with Crippen molar-refractivity contribution < 1.29 is 9.53 Å². The minimum absolute atomic E-state index is 0.209. The van der Waals surface area contributed by atoms with E-state index in [0.29, 0.717) is 18.2 Å². The lowest BCUT2D eigenvalue weighted by Gasteiger charge is -2.34. The van der Waals surface area contributed by atoms with E-state index >= 15 is 0 Å². The molecule has 1 aromatic heterocycles. The molecule has 1 fully saturated rings. The fraction of sp³-hybridized carbons (Fsp3) is 0.583. The minimum Gasteiger partial charge on any atom is -0.481 e. The lowest BCUT2D eigenvalue weighted by Crippen LogP contribution is -2.49. The zero-order chi connectivity index (χ0) is 13.0. The third-order valence-corrected chi connectivity index (χ3v) is 3.04. The van der Waals surface area contributed by atoms with Gasteiger partial charge in [0, 0.05) is 44.9 Å². The van der Waals surface area contributed by atoms with Crippen LogP contribution in [0.15, 0.2) is 12.3 Å². The van der Waals surface area contributed by atoms with Crippen LogP contribution in [0.5, 0.6) is 5.88 Å². The number of anilines is 1. The summed E-state index contributed by atoms with van der Waals surface area (Å²) in [5.41, 5.74) is 0. The van der Waals surface area contributed by atoms with Crippen LogP contribution in [0, 0.1) is 0 Å². The quantitative estimate of drug-likeness (QED) is 0.784. The van der Waals surface area contributed by atoms with Crippen molar-refractivity contribution in [3.05, 3.63) is 12.3 Å². The molecular weight excluding hydrogens is 232 g/mol. The Kier molecular flexibility index (Phi) is 3.96. The van der Waals surface area contributed by atoms with E-state index in [4.69, 9.17) is 4.74 Å². The normalized spacial score (nSPS) is 15.7. The van der Waals surface area contributed by atoms with Crippen molar-refractivity contribution in [2.24, 2.45) is 0 Å². The third kappa shape index (κ3) is 2.69. The predicted molar refractivity (Wildman–Crippen MR) is 67.7 cm³/mol. The van der Waals surface area contributed by atoms with Crippen molar-refractivity contribution in [1.29, 1.82) is 0 Å². The highest BCUT2D eigenvalue weighted by Gasteiger charge is 2.21. The molecule has 0 aromatic carbocycles. The smallest absolute Gasteiger partial charge is 0.228 e. The van der Waals surface area contributed by atoms with Crippen molar-refractivity contribution in [2.75, 3.05) is 38.2 Å². The Morgan fingerprint density at radius 1 is 1.39 bits per heavy atom. The molecule has 0 aliphatic carbocycles. The van der Waals surface area contributed by atoms with Gasteiger partial charge >= 0.3 is 0 Å². The van der Waals surface area contributed by atoms with E-state index in [1.54, 1.807) is 19.4 Å². The summed E-state index contributed by atoms with van der Waals surface area (Å²) in [4.78, 5) is 24.1. The molecule has 1 aromatic rings. The Hall–Kier alpha value is -1.85. The van der Waals surface area contributed by atoms with E-state index < -0.39 is 0 Å². The number of rotatable bonds is 3. The molecule has 0 bridgehead atoms. The number of ether oxygens (including phenoxy) is 1. The number of hydrogen-bond donors (Lipinski definition) is 0. The highest BCUT2D eigenvalue weighted by Crippen LogP contribution is 2.14. The summed E-state index contributed by atoms with van der Waals surface area (Å²) in [5.74, 6) is 1.44. The van der Waals surface area contributed by atoms with Crippen LogP contribution in [0.4, 0.5) is 5.95 Å². The summed E-state index contributed by atoms with van der Waals surface area (Å²) in [6.45, 7) is 4.87. The van der Waals surface area contributed by atoms with Gasteiger partial charge in [-0.05, 0) is 0 Å². The van der Waals surface area contributed by atoms with Gasteiger partial charge in [0.05, 0.1) is 7.11 Å². The number of carbonyl (C=O) groups is 1. The van der Waals surface area contributed by atoms with Crippen LogP contribution in [-0.2, 0) is 4.79 Å². The number of piperazine rings is 1. The average Bonchev–Trinajstić information content (AvgIpc) is 2.46. The zero-order valence-corrected chi connectivity index (χ0v) is 10.8. The lowest BCUT2D eigenvalue weighted by atomic mass is 10.3. The average molecular weight is 250 g/mol. The van der Waals surface area contributed by atoms with Crippen molar-refractivity contribution >= 4 is 11.9 Å². The molecule has 1 aliphatic heterocycles. The summed E-state index contributed by atoms with van der Waals surface area (Å²) in [7, 11) is 1.59. The van der Waals surface area contributed by atoms with Crippen molar-refractivity contribution in [3.8, 4) is 5.88 Å². The molecule has 1 saturated heterocycles. The highest BCUT2D eigenvalue weighted by atomic mass is 16.5. The molecule has 0 radical (unpaired) electrons. The van der Waals surface area contributed by atoms with Gasteiger partial charge in [-0.2, -0.15) is 4.98 Å². The first kappa shape index (κ1) is 12.6. The minimum atomic E-state index is 0.209. The molecule has 1 amide bonds. The van der Waals surface area contributed by atoms with Gasteiger partial charge < -0.3 is 14.5 Å². The fourth-order valence-electron chi connectivity index (χ4n) is 1.98. The monoisotopic (exact) mass is 250 g/mol. The molecule has 98 valence electrons. The topological polar surface area (TPSA) is 58.6 Å². The number of aromatic nitrogens is 2. The van der Waals surface area contributed by atoms with Gasteiger partial charge in [-0.25, -0.2) is 4.98 Å². The van der Waals surface area contributed by atoms with Crippen LogP contribution in [0.1, 0.15) is 13.3 Å². The van der Waals surface area contributed by atoms with Crippen molar-refractivity contribution in [2.45, 2.75) is 13.3 Å². The molecule has 0 saturated carbocycles. The molecule has 6 nitrogen and oxygen atoms in total. The molecule has 1 aliphatic rings. The molecule has 6 heteroatoms. The van der Waals surface area contributed by atoms with E-state index in [1.807, 2.05) is 11.8 Å². The third-order valence-electron chi connectivity index (χ3n) is 3.04. The molecule has 0 unspecified atom stereocenters. The fourth-order valence-corrected chi connectivity index (χ4v) is 1.98. The maximum Gasteiger partial charge on any atom is 0.228 e. The van der Waals surface area contributed by atoms with E-state index in [1.165, 1.54) is 0 Å². The van der Waals surface area contributed by atoms with E-state index in [2.05, 4.69) is 14.9 Å². The Labute approximate surface area is 107 Å².